The molecule has 0 spiro atoms. The molecule has 1 aliphatic carbocycles. The second-order valence-corrected chi connectivity index (χ2v) is 11.1. The summed E-state index contributed by atoms with van der Waals surface area (Å²) in [5, 5.41) is 19.8. The molecule has 190 valence electrons. The van der Waals surface area contributed by atoms with Gasteiger partial charge in [-0.2, -0.15) is 0 Å². The smallest absolute Gasteiger partial charge is 0.366 e. The van der Waals surface area contributed by atoms with Crippen LogP contribution in [0.2, 0.25) is 0 Å². The minimum Gasteiger partial charge on any atom is -0.493 e. The van der Waals surface area contributed by atoms with Crippen LogP contribution in [0, 0.1) is 12.8 Å². The first kappa shape index (κ1) is 24.5. The van der Waals surface area contributed by atoms with E-state index in [1.807, 2.05) is 12.1 Å². The maximum atomic E-state index is 13.8. The molecule has 1 unspecified atom stereocenters. The van der Waals surface area contributed by atoms with E-state index in [-0.39, 0.29) is 6.42 Å². The average Bonchev–Trinajstić information content (AvgIpc) is 3.53. The van der Waals surface area contributed by atoms with Gasteiger partial charge in [0, 0.05) is 23.1 Å². The van der Waals surface area contributed by atoms with E-state index >= 15 is 0 Å². The van der Waals surface area contributed by atoms with Crippen molar-refractivity contribution in [1.82, 2.24) is 5.16 Å². The quantitative estimate of drug-likeness (QED) is 0.481. The molecule has 2 N–H and O–H groups in total. The van der Waals surface area contributed by atoms with Crippen LogP contribution < -0.4 is 15.7 Å². The van der Waals surface area contributed by atoms with Crippen LogP contribution in [0.5, 0.6) is 5.75 Å². The zero-order valence-electron chi connectivity index (χ0n) is 21.2. The van der Waals surface area contributed by atoms with Crippen molar-refractivity contribution in [2.24, 2.45) is 5.92 Å². The normalized spacial score (nSPS) is 17.6. The average molecular weight is 491 g/mol. The lowest BCUT2D eigenvalue weighted by molar-refractivity contribution is -0.138. The number of amides is 1. The molecule has 0 bridgehead atoms. The highest BCUT2D eigenvalue weighted by atomic mass is 16.5. The second-order valence-electron chi connectivity index (χ2n) is 11.1. The van der Waals surface area contributed by atoms with Gasteiger partial charge >= 0.3 is 5.63 Å². The van der Waals surface area contributed by atoms with E-state index in [4.69, 9.17) is 9.26 Å². The summed E-state index contributed by atoms with van der Waals surface area (Å²) in [5.41, 5.74) is 0.672. The van der Waals surface area contributed by atoms with Gasteiger partial charge < -0.3 is 19.7 Å². The Morgan fingerprint density at radius 1 is 1.17 bits per heavy atom. The molecule has 0 radical (unpaired) electrons. The molecule has 2 aromatic carbocycles. The molecule has 5 rings (SSSR count). The predicted octanol–water partition coefficient (Wildman–Crippen LogP) is 5.05. The molecule has 3 aromatic rings. The van der Waals surface area contributed by atoms with E-state index < -0.39 is 22.5 Å². The summed E-state index contributed by atoms with van der Waals surface area (Å²) in [4.78, 5) is 25.8. The van der Waals surface area contributed by atoms with Crippen molar-refractivity contribution < 1.29 is 19.2 Å². The van der Waals surface area contributed by atoms with E-state index in [0.717, 1.165) is 43.4 Å². The molecule has 2 heterocycles. The van der Waals surface area contributed by atoms with Crippen LogP contribution in [0.4, 0.5) is 5.69 Å². The highest BCUT2D eigenvalue weighted by Crippen LogP contribution is 2.44. The first-order valence-electron chi connectivity index (χ1n) is 12.9. The molecule has 7 heteroatoms. The van der Waals surface area contributed by atoms with Crippen molar-refractivity contribution in [1.29, 1.82) is 0 Å². The molecular weight excluding hydrogens is 456 g/mol. The fraction of sp³-hybridized carbons (Fsp3) is 0.483. The summed E-state index contributed by atoms with van der Waals surface area (Å²) in [6, 6.07) is 11.2. The van der Waals surface area contributed by atoms with Gasteiger partial charge in [0.2, 0.25) is 0 Å². The van der Waals surface area contributed by atoms with E-state index in [2.05, 4.69) is 30.4 Å². The number of fused-ring (bicyclic) bond motifs is 2. The molecule has 1 fully saturated rings. The van der Waals surface area contributed by atoms with Gasteiger partial charge in [-0.15, -0.1) is 0 Å². The summed E-state index contributed by atoms with van der Waals surface area (Å²) in [6.07, 6.45) is 5.86. The molecule has 0 saturated heterocycles. The van der Waals surface area contributed by atoms with Gasteiger partial charge in [-0.1, -0.05) is 62.9 Å². The summed E-state index contributed by atoms with van der Waals surface area (Å²) in [5.74, 6) is 0.772. The third kappa shape index (κ3) is 4.64. The molecular formula is C29H34N2O5. The lowest BCUT2D eigenvalue weighted by Crippen LogP contribution is -2.48. The number of anilines is 1. The molecule has 1 amide bonds. The van der Waals surface area contributed by atoms with Crippen LogP contribution in [0.3, 0.4) is 0 Å². The summed E-state index contributed by atoms with van der Waals surface area (Å²) < 4.78 is 10.8. The van der Waals surface area contributed by atoms with E-state index in [1.165, 1.54) is 5.56 Å². The molecule has 2 aliphatic rings. The van der Waals surface area contributed by atoms with Crippen molar-refractivity contribution in [3.05, 3.63) is 63.6 Å². The number of rotatable bonds is 7. The van der Waals surface area contributed by atoms with Crippen molar-refractivity contribution in [2.75, 3.05) is 11.9 Å². The number of hydrogen-bond donors (Lipinski definition) is 2. The standard InChI is InChI=1S/C29H34N2O5/c1-18-23-15-21(11-12-22(23)26(32)36-31-18)30-27(33)29(34,16-19-7-4-5-8-19)17-28(2,3)24-10-6-9-20-13-14-35-25(20)24/h6,9-12,15,19,34H,4-5,7-8,13-14,16-17H2,1-3H3,(H,30,33). The van der Waals surface area contributed by atoms with Gasteiger partial charge in [0.25, 0.3) is 5.91 Å². The van der Waals surface area contributed by atoms with Crippen LogP contribution in [0.1, 0.15) is 69.2 Å². The van der Waals surface area contributed by atoms with Crippen LogP contribution in [-0.2, 0) is 16.6 Å². The van der Waals surface area contributed by atoms with Crippen LogP contribution in [0.15, 0.2) is 45.7 Å². The second kappa shape index (κ2) is 9.36. The van der Waals surface area contributed by atoms with E-state index in [0.29, 0.717) is 41.1 Å². The third-order valence-electron chi connectivity index (χ3n) is 7.85. The molecule has 1 saturated carbocycles. The number of carbonyl (C=O) groups is 1. The number of aryl methyl sites for hydroxylation is 1. The largest absolute Gasteiger partial charge is 0.493 e. The Morgan fingerprint density at radius 3 is 2.72 bits per heavy atom. The minimum atomic E-state index is -1.57. The minimum absolute atomic E-state index is 0.264. The fourth-order valence-corrected chi connectivity index (χ4v) is 6.07. The van der Waals surface area contributed by atoms with Crippen molar-refractivity contribution in [3.63, 3.8) is 0 Å². The molecule has 7 nitrogen and oxygen atoms in total. The fourth-order valence-electron chi connectivity index (χ4n) is 6.07. The third-order valence-corrected chi connectivity index (χ3v) is 7.85. The first-order chi connectivity index (χ1) is 17.2. The number of hydrogen-bond acceptors (Lipinski definition) is 6. The van der Waals surface area contributed by atoms with E-state index in [9.17, 15) is 14.7 Å². The maximum Gasteiger partial charge on any atom is 0.366 e. The Hall–Kier alpha value is -3.19. The number of nitrogens with one attached hydrogen (secondary N) is 1. The maximum absolute atomic E-state index is 13.8. The Kier molecular flexibility index (Phi) is 6.37. The SMILES string of the molecule is Cc1noc(=O)c2ccc(NC(=O)C(O)(CC3CCCC3)CC(C)(C)c3cccc4c3OCC4)cc12. The van der Waals surface area contributed by atoms with Gasteiger partial charge in [-0.25, -0.2) is 4.79 Å². The number of aromatic nitrogens is 1. The van der Waals surface area contributed by atoms with E-state index in [1.54, 1.807) is 25.1 Å². The monoisotopic (exact) mass is 490 g/mol. The molecule has 1 aliphatic heterocycles. The predicted molar refractivity (Wildman–Crippen MR) is 138 cm³/mol. The van der Waals surface area contributed by atoms with Crippen LogP contribution >= 0.6 is 0 Å². The number of ether oxygens (including phenoxy) is 1. The number of para-hydroxylation sites is 1. The number of nitrogens with zero attached hydrogens (tertiary/aromatic N) is 1. The zero-order valence-corrected chi connectivity index (χ0v) is 21.2. The van der Waals surface area contributed by atoms with Gasteiger partial charge in [0.05, 0.1) is 17.7 Å². The molecule has 1 aromatic heterocycles. The van der Waals surface area contributed by atoms with Crippen LogP contribution in [-0.4, -0.2) is 28.4 Å². The van der Waals surface area contributed by atoms with Crippen LogP contribution in [0.25, 0.3) is 10.8 Å². The van der Waals surface area contributed by atoms with Gasteiger partial charge in [0.15, 0.2) is 0 Å². The number of aliphatic hydroxyl groups is 1. The lowest BCUT2D eigenvalue weighted by Gasteiger charge is -2.37. The highest BCUT2D eigenvalue weighted by Gasteiger charge is 2.45. The van der Waals surface area contributed by atoms with Gasteiger partial charge in [-0.05, 0) is 54.9 Å². The summed E-state index contributed by atoms with van der Waals surface area (Å²) in [6.45, 7) is 6.54. The van der Waals surface area contributed by atoms with Crippen molar-refractivity contribution in [3.8, 4) is 5.75 Å². The van der Waals surface area contributed by atoms with Crippen molar-refractivity contribution >= 4 is 22.4 Å². The Labute approximate surface area is 210 Å². The summed E-state index contributed by atoms with van der Waals surface area (Å²) >= 11 is 0. The van der Waals surface area contributed by atoms with Crippen molar-refractivity contribution in [2.45, 2.75) is 76.7 Å². The first-order valence-corrected chi connectivity index (χ1v) is 12.9. The Morgan fingerprint density at radius 2 is 1.94 bits per heavy atom. The van der Waals surface area contributed by atoms with Gasteiger partial charge in [-0.3, -0.25) is 4.79 Å². The molecule has 36 heavy (non-hydrogen) atoms. The Balaban J connectivity index is 1.46. The Bertz CT molecular complexity index is 1360. The summed E-state index contributed by atoms with van der Waals surface area (Å²) in [7, 11) is 0. The van der Waals surface area contributed by atoms with Gasteiger partial charge in [0.1, 0.15) is 11.4 Å². The topological polar surface area (TPSA) is 102 Å². The molecule has 1 atom stereocenters. The zero-order chi connectivity index (χ0) is 25.5. The lowest BCUT2D eigenvalue weighted by atomic mass is 9.71. The number of benzene rings is 2. The highest BCUT2D eigenvalue weighted by molar-refractivity contribution is 5.99. The number of carbonyl (C=O) groups excluding carboxylic acids is 1.